The summed E-state index contributed by atoms with van der Waals surface area (Å²) in [6.45, 7) is 2.07. The van der Waals surface area contributed by atoms with Gasteiger partial charge >= 0.3 is 0 Å². The molecule has 1 aliphatic rings. The second-order valence-corrected chi connectivity index (χ2v) is 6.79. The van der Waals surface area contributed by atoms with E-state index in [1.54, 1.807) is 6.92 Å². The first-order valence-corrected chi connectivity index (χ1v) is 7.92. The molecule has 5 nitrogen and oxygen atoms in total. The van der Waals surface area contributed by atoms with Gasteiger partial charge in [0.2, 0.25) is 10.0 Å². The minimum Gasteiger partial charge on any atom is -0.302 e. The van der Waals surface area contributed by atoms with Gasteiger partial charge in [-0.2, -0.15) is 9.57 Å². The summed E-state index contributed by atoms with van der Waals surface area (Å²) in [5.74, 6) is 0. The van der Waals surface area contributed by atoms with E-state index >= 15 is 0 Å². The molecule has 1 unspecified atom stereocenters. The Balaban J connectivity index is 2.41. The van der Waals surface area contributed by atoms with E-state index in [4.69, 9.17) is 5.26 Å². The van der Waals surface area contributed by atoms with Gasteiger partial charge in [-0.3, -0.25) is 0 Å². The molecule has 1 aliphatic heterocycles. The predicted octanol–water partition coefficient (Wildman–Crippen LogP) is 1.61. The highest BCUT2D eigenvalue weighted by Crippen LogP contribution is 2.25. The topological polar surface area (TPSA) is 78.2 Å². The van der Waals surface area contributed by atoms with Gasteiger partial charge in [0.05, 0.1) is 22.6 Å². The molecule has 106 valence electrons. The number of sulfonamides is 1. The second-order valence-electron chi connectivity index (χ2n) is 4.90. The summed E-state index contributed by atoms with van der Waals surface area (Å²) < 4.78 is 26.5. The van der Waals surface area contributed by atoms with Crippen LogP contribution in [0.15, 0.2) is 23.1 Å². The number of hydrogen-bond acceptors (Lipinski definition) is 4. The maximum atomic E-state index is 12.6. The van der Waals surface area contributed by atoms with Crippen molar-refractivity contribution >= 4 is 16.3 Å². The minimum atomic E-state index is -3.68. The van der Waals surface area contributed by atoms with E-state index in [1.165, 1.54) is 22.5 Å². The highest BCUT2D eigenvalue weighted by Gasteiger charge is 2.33. The molecule has 1 fully saturated rings. The van der Waals surface area contributed by atoms with Crippen LogP contribution in [0.25, 0.3) is 0 Å². The molecule has 0 saturated carbocycles. The molecule has 1 saturated heterocycles. The van der Waals surface area contributed by atoms with Crippen LogP contribution in [0.5, 0.6) is 0 Å². The lowest BCUT2D eigenvalue weighted by molar-refractivity contribution is -0.111. The van der Waals surface area contributed by atoms with Crippen LogP contribution >= 0.6 is 0 Å². The molecule has 0 radical (unpaired) electrons. The first kappa shape index (κ1) is 14.7. The molecule has 1 aromatic rings. The van der Waals surface area contributed by atoms with Crippen LogP contribution in [0, 0.1) is 18.3 Å². The third kappa shape index (κ3) is 2.60. The van der Waals surface area contributed by atoms with Crippen molar-refractivity contribution in [3.8, 4) is 6.07 Å². The van der Waals surface area contributed by atoms with Crippen molar-refractivity contribution in [1.29, 1.82) is 5.26 Å². The Morgan fingerprint density at radius 1 is 1.40 bits per heavy atom. The monoisotopic (exact) mass is 292 g/mol. The molecule has 0 bridgehead atoms. The van der Waals surface area contributed by atoms with Crippen LogP contribution in [0.2, 0.25) is 0 Å². The number of nitrogens with zero attached hydrogens (tertiary/aromatic N) is 2. The zero-order chi connectivity index (χ0) is 14.8. The van der Waals surface area contributed by atoms with Crippen LogP contribution < -0.4 is 0 Å². The molecule has 2 rings (SSSR count). The average molecular weight is 292 g/mol. The quantitative estimate of drug-likeness (QED) is 0.793. The molecule has 0 aromatic heterocycles. The summed E-state index contributed by atoms with van der Waals surface area (Å²) in [6, 6.07) is 5.85. The Bertz CT molecular complexity index is 661. The molecule has 20 heavy (non-hydrogen) atoms. The molecule has 1 heterocycles. The zero-order valence-corrected chi connectivity index (χ0v) is 12.1. The van der Waals surface area contributed by atoms with E-state index in [0.717, 1.165) is 12.8 Å². The number of hydrogen-bond donors (Lipinski definition) is 0. The molecule has 0 aliphatic carbocycles. The summed E-state index contributed by atoms with van der Waals surface area (Å²) in [5.41, 5.74) is 1.07. The second kappa shape index (κ2) is 5.73. The van der Waals surface area contributed by atoms with Crippen LogP contribution in [0.3, 0.4) is 0 Å². The molecular formula is C14H16N2O3S. The zero-order valence-electron chi connectivity index (χ0n) is 11.2. The fourth-order valence-corrected chi connectivity index (χ4v) is 4.14. The first-order chi connectivity index (χ1) is 9.50. The van der Waals surface area contributed by atoms with E-state index < -0.39 is 16.1 Å². The Hall–Kier alpha value is -1.71. The van der Waals surface area contributed by atoms with Gasteiger partial charge in [-0.05, 0) is 43.5 Å². The van der Waals surface area contributed by atoms with Crippen molar-refractivity contribution in [3.63, 3.8) is 0 Å². The maximum absolute atomic E-state index is 12.6. The van der Waals surface area contributed by atoms with E-state index in [0.29, 0.717) is 30.4 Å². The number of nitriles is 1. The third-order valence-electron chi connectivity index (χ3n) is 3.58. The van der Waals surface area contributed by atoms with Crippen molar-refractivity contribution < 1.29 is 13.2 Å². The summed E-state index contributed by atoms with van der Waals surface area (Å²) in [5, 5.41) is 8.88. The van der Waals surface area contributed by atoms with Gasteiger partial charge < -0.3 is 4.79 Å². The molecule has 0 spiro atoms. The van der Waals surface area contributed by atoms with E-state index in [9.17, 15) is 13.2 Å². The molecular weight excluding hydrogens is 276 g/mol. The average Bonchev–Trinajstić information content (AvgIpc) is 2.47. The molecule has 0 N–H and O–H groups in total. The van der Waals surface area contributed by atoms with Gasteiger partial charge in [0.25, 0.3) is 0 Å². The standard InChI is InChI=1S/C14H16N2O3S/c1-11-8-14(6-5-12(11)9-15)20(18,19)16-7-3-2-4-13(16)10-17/h5-6,8,10,13H,2-4,7H2,1H3. The molecule has 1 atom stereocenters. The molecule has 6 heteroatoms. The van der Waals surface area contributed by atoms with Crippen LogP contribution in [0.1, 0.15) is 30.4 Å². The highest BCUT2D eigenvalue weighted by atomic mass is 32.2. The Kier molecular flexibility index (Phi) is 4.21. The molecule has 1 aromatic carbocycles. The summed E-state index contributed by atoms with van der Waals surface area (Å²) in [6.07, 6.45) is 2.89. The van der Waals surface area contributed by atoms with Crippen molar-refractivity contribution in [1.82, 2.24) is 4.31 Å². The number of piperidine rings is 1. The normalized spacial score (nSPS) is 20.3. The first-order valence-electron chi connectivity index (χ1n) is 6.48. The Labute approximate surface area is 118 Å². The lowest BCUT2D eigenvalue weighted by Crippen LogP contribution is -2.44. The SMILES string of the molecule is Cc1cc(S(=O)(=O)N2CCCCC2C=O)ccc1C#N. The number of carbonyl (C=O) groups is 1. The minimum absolute atomic E-state index is 0.141. The summed E-state index contributed by atoms with van der Waals surface area (Å²) in [7, 11) is -3.68. The van der Waals surface area contributed by atoms with Gasteiger partial charge in [-0.1, -0.05) is 6.42 Å². The molecule has 0 amide bonds. The number of aldehydes is 1. The summed E-state index contributed by atoms with van der Waals surface area (Å²) >= 11 is 0. The van der Waals surface area contributed by atoms with E-state index in [-0.39, 0.29) is 4.90 Å². The van der Waals surface area contributed by atoms with Crippen molar-refractivity contribution in [2.24, 2.45) is 0 Å². The highest BCUT2D eigenvalue weighted by molar-refractivity contribution is 7.89. The fourth-order valence-electron chi connectivity index (χ4n) is 2.42. The van der Waals surface area contributed by atoms with Crippen molar-refractivity contribution in [2.75, 3.05) is 6.54 Å². The lowest BCUT2D eigenvalue weighted by Gasteiger charge is -2.31. The number of benzene rings is 1. The number of aryl methyl sites for hydroxylation is 1. The van der Waals surface area contributed by atoms with Crippen molar-refractivity contribution in [2.45, 2.75) is 37.1 Å². The van der Waals surface area contributed by atoms with Crippen LogP contribution in [-0.2, 0) is 14.8 Å². The largest absolute Gasteiger partial charge is 0.302 e. The Morgan fingerprint density at radius 3 is 2.75 bits per heavy atom. The predicted molar refractivity (Wildman–Crippen MR) is 73.5 cm³/mol. The van der Waals surface area contributed by atoms with E-state index in [1.807, 2.05) is 6.07 Å². The summed E-state index contributed by atoms with van der Waals surface area (Å²) in [4.78, 5) is 11.2. The van der Waals surface area contributed by atoms with Gasteiger partial charge in [0.15, 0.2) is 0 Å². The number of rotatable bonds is 3. The van der Waals surface area contributed by atoms with Gasteiger partial charge in [-0.25, -0.2) is 8.42 Å². The number of carbonyl (C=O) groups excluding carboxylic acids is 1. The van der Waals surface area contributed by atoms with Gasteiger partial charge in [0.1, 0.15) is 6.29 Å². The van der Waals surface area contributed by atoms with E-state index in [2.05, 4.69) is 0 Å². The van der Waals surface area contributed by atoms with Gasteiger partial charge in [0, 0.05) is 6.54 Å². The third-order valence-corrected chi connectivity index (χ3v) is 5.50. The van der Waals surface area contributed by atoms with Crippen LogP contribution in [0.4, 0.5) is 0 Å². The van der Waals surface area contributed by atoms with Gasteiger partial charge in [-0.15, -0.1) is 0 Å². The smallest absolute Gasteiger partial charge is 0.243 e. The fraction of sp³-hybridized carbons (Fsp3) is 0.429. The Morgan fingerprint density at radius 2 is 2.15 bits per heavy atom. The van der Waals surface area contributed by atoms with Crippen molar-refractivity contribution in [3.05, 3.63) is 29.3 Å². The van der Waals surface area contributed by atoms with Crippen LogP contribution in [-0.4, -0.2) is 31.6 Å². The maximum Gasteiger partial charge on any atom is 0.243 e. The lowest BCUT2D eigenvalue weighted by atomic mass is 10.1.